The van der Waals surface area contributed by atoms with Gasteiger partial charge in [-0.05, 0) is 42.8 Å². The Morgan fingerprint density at radius 1 is 1.09 bits per heavy atom. The average Bonchev–Trinajstić information content (AvgIpc) is 2.76. The molecule has 1 aliphatic heterocycles. The Balaban J connectivity index is 1.47. The number of aryl methyl sites for hydroxylation is 1. The Bertz CT molecular complexity index is 902. The van der Waals surface area contributed by atoms with E-state index in [0.29, 0.717) is 19.6 Å². The summed E-state index contributed by atoms with van der Waals surface area (Å²) < 4.78 is 34.6. The zero-order valence-corrected chi connectivity index (χ0v) is 18.9. The van der Waals surface area contributed by atoms with Crippen LogP contribution in [0.15, 0.2) is 42.5 Å². The number of carbonyl (C=O) groups is 1. The minimum absolute atomic E-state index is 0.00598. The minimum Gasteiger partial charge on any atom is -0.493 e. The Hall–Kier alpha value is -2.71. The third kappa shape index (κ3) is 6.64. The number of hydrogen-bond acceptors (Lipinski definition) is 5. The number of methoxy groups -OCH3 is 1. The van der Waals surface area contributed by atoms with Crippen molar-refractivity contribution in [3.05, 3.63) is 59.2 Å². The Morgan fingerprint density at radius 3 is 2.47 bits per heavy atom. The summed E-state index contributed by atoms with van der Waals surface area (Å²) in [6.07, 6.45) is 0. The van der Waals surface area contributed by atoms with Crippen molar-refractivity contribution in [1.82, 2.24) is 14.7 Å². The average molecular weight is 448 g/mol. The Kier molecular flexibility index (Phi) is 8.41. The van der Waals surface area contributed by atoms with Crippen LogP contribution in [0, 0.1) is 6.92 Å². The van der Waals surface area contributed by atoms with Gasteiger partial charge in [0.25, 0.3) is 0 Å². The van der Waals surface area contributed by atoms with Gasteiger partial charge in [0.1, 0.15) is 0 Å². The fourth-order valence-corrected chi connectivity index (χ4v) is 3.89. The maximum absolute atomic E-state index is 12.8. The smallest absolute Gasteiger partial charge is 0.387 e. The summed E-state index contributed by atoms with van der Waals surface area (Å²) in [6.45, 7) is 4.03. The van der Waals surface area contributed by atoms with E-state index < -0.39 is 6.61 Å². The summed E-state index contributed by atoms with van der Waals surface area (Å²) in [5.41, 5.74) is 3.47. The number of alkyl halides is 2. The summed E-state index contributed by atoms with van der Waals surface area (Å²) in [4.78, 5) is 18.9. The van der Waals surface area contributed by atoms with Gasteiger partial charge in [0, 0.05) is 39.3 Å². The molecule has 174 valence electrons. The molecule has 8 heteroatoms. The van der Waals surface area contributed by atoms with Crippen molar-refractivity contribution in [2.24, 2.45) is 0 Å². The molecule has 1 aliphatic rings. The molecule has 2 aromatic rings. The van der Waals surface area contributed by atoms with Crippen LogP contribution in [0.2, 0.25) is 0 Å². The first-order valence-corrected chi connectivity index (χ1v) is 10.7. The maximum Gasteiger partial charge on any atom is 0.387 e. The van der Waals surface area contributed by atoms with E-state index in [4.69, 9.17) is 4.74 Å². The molecule has 0 aliphatic carbocycles. The lowest BCUT2D eigenvalue weighted by atomic mass is 10.1. The molecular formula is C24H31F2N3O3. The summed E-state index contributed by atoms with van der Waals surface area (Å²) in [5.74, 6) is 0.327. The number of rotatable bonds is 9. The fourth-order valence-electron chi connectivity index (χ4n) is 3.89. The van der Waals surface area contributed by atoms with Crippen molar-refractivity contribution in [3.63, 3.8) is 0 Å². The van der Waals surface area contributed by atoms with Crippen molar-refractivity contribution < 1.29 is 23.0 Å². The van der Waals surface area contributed by atoms with Crippen molar-refractivity contribution in [2.75, 3.05) is 46.9 Å². The molecule has 2 aromatic carbocycles. The number of hydrogen-bond donors (Lipinski definition) is 0. The van der Waals surface area contributed by atoms with E-state index in [1.54, 1.807) is 12.1 Å². The van der Waals surface area contributed by atoms with Gasteiger partial charge in [-0.25, -0.2) is 0 Å². The first-order valence-electron chi connectivity index (χ1n) is 10.7. The lowest BCUT2D eigenvalue weighted by molar-refractivity contribution is -0.134. The summed E-state index contributed by atoms with van der Waals surface area (Å²) in [5, 5.41) is 0. The van der Waals surface area contributed by atoms with E-state index in [1.165, 1.54) is 24.3 Å². The van der Waals surface area contributed by atoms with E-state index in [-0.39, 0.29) is 24.0 Å². The molecule has 0 bridgehead atoms. The standard InChI is InChI=1S/C24H31F2N3O3/c1-18-6-4-5-7-20(18)16-28-10-12-29(13-11-28)23(30)17-27(2)15-19-8-9-21(32-24(25)26)22(14-19)31-3/h4-9,14,24H,10-13,15-17H2,1-3H3. The Morgan fingerprint density at radius 2 is 1.81 bits per heavy atom. The van der Waals surface area contributed by atoms with Crippen molar-refractivity contribution in [1.29, 1.82) is 0 Å². The molecule has 3 rings (SSSR count). The molecule has 0 radical (unpaired) electrons. The summed E-state index contributed by atoms with van der Waals surface area (Å²) in [7, 11) is 3.27. The molecule has 1 heterocycles. The third-order valence-electron chi connectivity index (χ3n) is 5.68. The number of ether oxygens (including phenoxy) is 2. The zero-order valence-electron chi connectivity index (χ0n) is 18.9. The molecule has 1 amide bonds. The lowest BCUT2D eigenvalue weighted by Gasteiger charge is -2.35. The Labute approximate surface area is 188 Å². The monoisotopic (exact) mass is 447 g/mol. The molecule has 0 unspecified atom stereocenters. The number of amides is 1. The molecule has 1 fully saturated rings. The third-order valence-corrected chi connectivity index (χ3v) is 5.68. The molecule has 32 heavy (non-hydrogen) atoms. The SMILES string of the molecule is COc1cc(CN(C)CC(=O)N2CCN(Cc3ccccc3C)CC2)ccc1OC(F)F. The van der Waals surface area contributed by atoms with Crippen LogP contribution in [0.3, 0.4) is 0 Å². The number of halogens is 2. The lowest BCUT2D eigenvalue weighted by Crippen LogP contribution is -2.50. The van der Waals surface area contributed by atoms with Crippen LogP contribution in [-0.2, 0) is 17.9 Å². The minimum atomic E-state index is -2.91. The van der Waals surface area contributed by atoms with Crippen LogP contribution >= 0.6 is 0 Å². The number of likely N-dealkylation sites (N-methyl/N-ethyl adjacent to an activating group) is 1. The highest BCUT2D eigenvalue weighted by atomic mass is 19.3. The van der Waals surface area contributed by atoms with Gasteiger partial charge in [-0.1, -0.05) is 30.3 Å². The molecule has 0 saturated carbocycles. The molecular weight excluding hydrogens is 416 g/mol. The first kappa shape index (κ1) is 23.9. The van der Waals surface area contributed by atoms with Crippen molar-refractivity contribution >= 4 is 5.91 Å². The summed E-state index contributed by atoms with van der Waals surface area (Å²) >= 11 is 0. The second-order valence-electron chi connectivity index (χ2n) is 8.12. The molecule has 0 N–H and O–H groups in total. The van der Waals surface area contributed by atoms with Gasteiger partial charge < -0.3 is 14.4 Å². The normalized spacial score (nSPS) is 14.8. The van der Waals surface area contributed by atoms with E-state index in [2.05, 4.69) is 34.8 Å². The molecule has 0 spiro atoms. The zero-order chi connectivity index (χ0) is 23.1. The van der Waals surface area contributed by atoms with Crippen LogP contribution in [0.1, 0.15) is 16.7 Å². The van der Waals surface area contributed by atoms with Gasteiger partial charge in [-0.15, -0.1) is 0 Å². The predicted molar refractivity (Wildman–Crippen MR) is 119 cm³/mol. The van der Waals surface area contributed by atoms with Gasteiger partial charge in [-0.3, -0.25) is 14.6 Å². The van der Waals surface area contributed by atoms with Crippen LogP contribution in [0.5, 0.6) is 11.5 Å². The highest BCUT2D eigenvalue weighted by Crippen LogP contribution is 2.29. The van der Waals surface area contributed by atoms with Gasteiger partial charge >= 0.3 is 6.61 Å². The van der Waals surface area contributed by atoms with Gasteiger partial charge in [0.15, 0.2) is 11.5 Å². The molecule has 0 atom stereocenters. The highest BCUT2D eigenvalue weighted by Gasteiger charge is 2.22. The first-order chi connectivity index (χ1) is 15.4. The molecule has 6 nitrogen and oxygen atoms in total. The largest absolute Gasteiger partial charge is 0.493 e. The van der Waals surface area contributed by atoms with Crippen molar-refractivity contribution in [3.8, 4) is 11.5 Å². The molecule has 0 aromatic heterocycles. The molecule has 1 saturated heterocycles. The fraction of sp³-hybridized carbons (Fsp3) is 0.458. The van der Waals surface area contributed by atoms with E-state index in [0.717, 1.165) is 25.2 Å². The number of piperazine rings is 1. The topological polar surface area (TPSA) is 45.2 Å². The number of benzene rings is 2. The predicted octanol–water partition coefficient (Wildman–Crippen LogP) is 3.38. The van der Waals surface area contributed by atoms with Gasteiger partial charge in [-0.2, -0.15) is 8.78 Å². The number of carbonyl (C=O) groups excluding carboxylic acids is 1. The second kappa shape index (κ2) is 11.2. The van der Waals surface area contributed by atoms with Gasteiger partial charge in [0.2, 0.25) is 5.91 Å². The van der Waals surface area contributed by atoms with Crippen LogP contribution in [0.25, 0.3) is 0 Å². The van der Waals surface area contributed by atoms with Gasteiger partial charge in [0.05, 0.1) is 13.7 Å². The summed E-state index contributed by atoms with van der Waals surface area (Å²) in [6, 6.07) is 13.2. The van der Waals surface area contributed by atoms with E-state index >= 15 is 0 Å². The number of nitrogens with zero attached hydrogens (tertiary/aromatic N) is 3. The second-order valence-corrected chi connectivity index (χ2v) is 8.12. The van der Waals surface area contributed by atoms with E-state index in [1.807, 2.05) is 22.9 Å². The van der Waals surface area contributed by atoms with Crippen LogP contribution in [0.4, 0.5) is 8.78 Å². The maximum atomic E-state index is 12.8. The van der Waals surface area contributed by atoms with Crippen molar-refractivity contribution in [2.45, 2.75) is 26.6 Å². The highest BCUT2D eigenvalue weighted by molar-refractivity contribution is 5.78. The van der Waals surface area contributed by atoms with Crippen LogP contribution in [-0.4, -0.2) is 74.1 Å². The van der Waals surface area contributed by atoms with E-state index in [9.17, 15) is 13.6 Å². The quantitative estimate of drug-likeness (QED) is 0.590. The van der Waals surface area contributed by atoms with Crippen LogP contribution < -0.4 is 9.47 Å².